The molecule has 624 valence electrons. The largest absolute Gasteiger partial charge is 0.453 e. The topological polar surface area (TPSA) is 22.2 Å². The van der Waals surface area contributed by atoms with Crippen LogP contribution in [0.5, 0.6) is 11.5 Å². The first kappa shape index (κ1) is 79.2. The Morgan fingerprint density at radius 1 is 0.220 bits per heavy atom. The van der Waals surface area contributed by atoms with Gasteiger partial charge in [0.25, 0.3) is 0 Å². The van der Waals surface area contributed by atoms with Gasteiger partial charge < -0.3 is 24.3 Å². The molecule has 26 rings (SSSR count). The Labute approximate surface area is 780 Å². The molecule has 0 aromatic heterocycles. The van der Waals surface area contributed by atoms with E-state index in [1.807, 2.05) is 23.9 Å². The van der Waals surface area contributed by atoms with Crippen LogP contribution in [0.15, 0.2) is 520 Å². The summed E-state index contributed by atoms with van der Waals surface area (Å²) in [6.07, 6.45) is 38.9. The maximum Gasteiger partial charge on any atom is 0.217 e. The maximum atomic E-state index is 6.37. The van der Waals surface area contributed by atoms with Gasteiger partial charge in [-0.15, -0.1) is 0 Å². The first-order chi connectivity index (χ1) is 65.5. The summed E-state index contributed by atoms with van der Waals surface area (Å²) >= 11 is 1.86. The standard InChI is InChI=1S/C61H46B2N2O.C61H46B2N2S/c2*1-3-19-45(20-4-1)64(46-21-5-2-6-22-46)47-39-35-43(36-40-47)62-53-27-11-7-23-49(53)61(50-24-8-12-28-54(50)62)51-25-9-13-29-55(51)63(56-30-14-10-26-52(56)61)44-37-41-48(42-38-44)65-57-31-15-17-33-59(57)66-60-34-18-16-32-58(60)65/h2*1-42,49,51,53,55H. The summed E-state index contributed by atoms with van der Waals surface area (Å²) in [6, 6.07) is 153. The molecule has 132 heavy (non-hydrogen) atoms. The van der Waals surface area contributed by atoms with Crippen molar-refractivity contribution in [3.63, 3.8) is 0 Å². The molecule has 0 fully saturated rings. The molecule has 0 bridgehead atoms. The number of allylic oxidation sites excluding steroid dienone is 16. The van der Waals surface area contributed by atoms with Gasteiger partial charge in [-0.2, -0.15) is 0 Å². The van der Waals surface area contributed by atoms with Crippen LogP contribution in [-0.2, 0) is 10.8 Å². The Morgan fingerprint density at radius 3 is 0.765 bits per heavy atom. The zero-order valence-corrected chi connectivity index (χ0v) is 73.8. The second-order valence-electron chi connectivity index (χ2n) is 36.6. The molecule has 10 atom stereocenters. The molecule has 10 aliphatic rings. The number of anilines is 12. The lowest BCUT2D eigenvalue weighted by molar-refractivity contribution is 0.281. The Kier molecular flexibility index (Phi) is 19.9. The minimum Gasteiger partial charge on any atom is -0.453 e. The van der Waals surface area contributed by atoms with E-state index in [-0.39, 0.29) is 84.6 Å². The molecule has 6 aliphatic heterocycles. The zero-order valence-electron chi connectivity index (χ0n) is 73.0. The fraction of sp³-hybridized carbons (Fsp3) is 0.0820. The first-order valence-electron chi connectivity index (χ1n) is 46.8. The van der Waals surface area contributed by atoms with E-state index in [1.165, 1.54) is 92.8 Å². The van der Waals surface area contributed by atoms with Crippen LogP contribution in [0, 0.1) is 23.7 Å². The molecule has 0 saturated heterocycles. The molecule has 16 aromatic rings. The quantitative estimate of drug-likeness (QED) is 0.113. The fourth-order valence-electron chi connectivity index (χ4n) is 25.3. The van der Waals surface area contributed by atoms with E-state index < -0.39 is 0 Å². The highest BCUT2D eigenvalue weighted by Crippen LogP contribution is 2.64. The Balaban J connectivity index is 0.000000142. The van der Waals surface area contributed by atoms with Crippen molar-refractivity contribution in [2.24, 2.45) is 23.7 Å². The van der Waals surface area contributed by atoms with Crippen LogP contribution in [0.1, 0.15) is 22.3 Å². The van der Waals surface area contributed by atoms with Crippen LogP contribution in [0.3, 0.4) is 0 Å². The molecule has 0 radical (unpaired) electrons. The van der Waals surface area contributed by atoms with Gasteiger partial charge in [0.1, 0.15) is 0 Å². The minimum atomic E-state index is -0.295. The molecule has 10 unspecified atom stereocenters. The molecule has 0 amide bonds. The summed E-state index contributed by atoms with van der Waals surface area (Å²) in [5.74, 6) is 3.65. The SMILES string of the molecule is C1=CC2B(c3ccc(N(c4ccccc4)c4ccccc4)cc3)c3ccccc3C3(c4ccccc4B(c4ccc(N5c6ccccc6Oc6ccccc65)cc4)C4C=CC=CC43)C2C=C1.C1=CC2B(c3ccc(N(c4ccccc4)c4ccccc4)cc3)c3ccccc3C3(c4ccccc4B(c4ccc(N5c6ccccc6Sc6ccccc65)cc4)C4C=CC=CC43)C2C=C1. The summed E-state index contributed by atoms with van der Waals surface area (Å²) < 4.78 is 6.37. The average Bonchev–Trinajstić information content (AvgIpc) is 0.677. The van der Waals surface area contributed by atoms with Crippen molar-refractivity contribution in [1.29, 1.82) is 0 Å². The van der Waals surface area contributed by atoms with Gasteiger partial charge in [-0.25, -0.2) is 0 Å². The van der Waals surface area contributed by atoms with Gasteiger partial charge >= 0.3 is 0 Å². The summed E-state index contributed by atoms with van der Waals surface area (Å²) in [5.41, 5.74) is 30.1. The molecular formula is C122H92B4N4OS. The highest BCUT2D eigenvalue weighted by molar-refractivity contribution is 7.99. The number of benzene rings is 16. The molecular weight excluding hydrogens is 1610 g/mol. The van der Waals surface area contributed by atoms with Gasteiger partial charge in [0, 0.05) is 66.1 Å². The molecule has 6 heterocycles. The smallest absolute Gasteiger partial charge is 0.217 e. The third-order valence-electron chi connectivity index (χ3n) is 30.3. The molecule has 0 saturated carbocycles. The van der Waals surface area contributed by atoms with E-state index in [9.17, 15) is 0 Å². The second-order valence-corrected chi connectivity index (χ2v) is 37.7. The number of ether oxygens (including phenoxy) is 1. The second kappa shape index (κ2) is 33.2. The third kappa shape index (κ3) is 12.9. The van der Waals surface area contributed by atoms with Crippen molar-refractivity contribution in [1.82, 2.24) is 0 Å². The first-order valence-corrected chi connectivity index (χ1v) is 47.7. The van der Waals surface area contributed by atoms with Gasteiger partial charge in [0.05, 0.1) is 22.7 Å². The summed E-state index contributed by atoms with van der Waals surface area (Å²) in [4.78, 5) is 12.0. The monoisotopic (exact) mass is 1700 g/mol. The zero-order chi connectivity index (χ0) is 87.2. The Hall–Kier alpha value is -15.0. The predicted molar refractivity (Wildman–Crippen MR) is 558 cm³/mol. The minimum absolute atomic E-state index is 0.174. The molecule has 16 aromatic carbocycles. The number of para-hydroxylation sites is 10. The maximum absolute atomic E-state index is 6.37. The van der Waals surface area contributed by atoms with Gasteiger partial charge in [-0.05, 0) is 215 Å². The van der Waals surface area contributed by atoms with E-state index in [0.29, 0.717) is 0 Å². The summed E-state index contributed by atoms with van der Waals surface area (Å²) in [5, 5.41) is 0. The predicted octanol–water partition coefficient (Wildman–Crippen LogP) is 25.3. The fourth-order valence-corrected chi connectivity index (χ4v) is 26.3. The van der Waals surface area contributed by atoms with Crippen LogP contribution in [0.4, 0.5) is 68.2 Å². The van der Waals surface area contributed by atoms with E-state index in [4.69, 9.17) is 4.74 Å². The van der Waals surface area contributed by atoms with Crippen LogP contribution in [-0.4, -0.2) is 26.9 Å². The molecule has 10 heteroatoms. The van der Waals surface area contributed by atoms with E-state index in [1.54, 1.807) is 0 Å². The van der Waals surface area contributed by atoms with Crippen molar-refractivity contribution in [2.75, 3.05) is 19.6 Å². The van der Waals surface area contributed by atoms with Crippen molar-refractivity contribution in [2.45, 2.75) is 43.9 Å². The third-order valence-corrected chi connectivity index (χ3v) is 31.4. The van der Waals surface area contributed by atoms with E-state index >= 15 is 0 Å². The highest BCUT2D eigenvalue weighted by atomic mass is 32.2. The van der Waals surface area contributed by atoms with Crippen LogP contribution in [0.25, 0.3) is 0 Å². The van der Waals surface area contributed by atoms with Gasteiger partial charge in [0.15, 0.2) is 11.5 Å². The number of fused-ring (bicyclic) bond motifs is 20. The van der Waals surface area contributed by atoms with E-state index in [0.717, 1.165) is 62.7 Å². The summed E-state index contributed by atoms with van der Waals surface area (Å²) in [6.45, 7) is 0.743. The van der Waals surface area contributed by atoms with Gasteiger partial charge in [0.2, 0.25) is 26.9 Å². The normalized spacial score (nSPS) is 21.5. The molecule has 5 nitrogen and oxygen atoms in total. The number of rotatable bonds is 12. The van der Waals surface area contributed by atoms with Crippen LogP contribution < -0.4 is 68.0 Å². The Morgan fingerprint density at radius 2 is 0.455 bits per heavy atom. The molecule has 4 aliphatic carbocycles. The van der Waals surface area contributed by atoms with Crippen molar-refractivity contribution in [3.05, 3.63) is 532 Å². The number of nitrogens with zero attached hydrogens (tertiary/aromatic N) is 4. The molecule has 2 spiro atoms. The van der Waals surface area contributed by atoms with Crippen molar-refractivity contribution in [3.8, 4) is 11.5 Å². The lowest BCUT2D eigenvalue weighted by Gasteiger charge is -2.59. The average molecular weight is 1710 g/mol. The lowest BCUT2D eigenvalue weighted by Crippen LogP contribution is -2.67. The van der Waals surface area contributed by atoms with E-state index in [2.05, 4.69) is 517 Å². The lowest BCUT2D eigenvalue weighted by atomic mass is 9.19. The van der Waals surface area contributed by atoms with Crippen molar-refractivity contribution < 1.29 is 4.74 Å². The molecule has 0 N–H and O–H groups in total. The van der Waals surface area contributed by atoms with Crippen LogP contribution in [0.2, 0.25) is 23.3 Å². The number of hydrogen-bond acceptors (Lipinski definition) is 6. The number of hydrogen-bond donors (Lipinski definition) is 0. The van der Waals surface area contributed by atoms with Crippen molar-refractivity contribution >= 4 is 151 Å². The Bertz CT molecular complexity index is 6740. The van der Waals surface area contributed by atoms with Crippen LogP contribution >= 0.6 is 11.8 Å². The highest BCUT2D eigenvalue weighted by Gasteiger charge is 2.64. The van der Waals surface area contributed by atoms with Gasteiger partial charge in [-0.1, -0.05) is 420 Å². The summed E-state index contributed by atoms with van der Waals surface area (Å²) in [7, 11) is 0. The van der Waals surface area contributed by atoms with Gasteiger partial charge in [-0.3, -0.25) is 0 Å².